The summed E-state index contributed by atoms with van der Waals surface area (Å²) in [5, 5.41) is 11.4. The summed E-state index contributed by atoms with van der Waals surface area (Å²) in [7, 11) is 3.42. The molecular formula is C19H17FN6O. The summed E-state index contributed by atoms with van der Waals surface area (Å²) in [4.78, 5) is 9.10. The van der Waals surface area contributed by atoms with Crippen molar-refractivity contribution in [2.24, 2.45) is 7.05 Å². The van der Waals surface area contributed by atoms with Gasteiger partial charge in [0, 0.05) is 24.5 Å². The fraction of sp³-hybridized carbons (Fsp3) is 0.105. The minimum Gasteiger partial charge on any atom is -0.497 e. The van der Waals surface area contributed by atoms with Crippen LogP contribution in [-0.2, 0) is 7.05 Å². The number of hydrogen-bond donors (Lipinski definition) is 2. The molecule has 0 amide bonds. The number of ether oxygens (including phenoxy) is 1. The van der Waals surface area contributed by atoms with E-state index in [9.17, 15) is 4.39 Å². The number of benzene rings is 2. The highest BCUT2D eigenvalue weighted by Crippen LogP contribution is 2.27. The van der Waals surface area contributed by atoms with Gasteiger partial charge in [0.05, 0.1) is 18.7 Å². The van der Waals surface area contributed by atoms with Crippen molar-refractivity contribution in [3.63, 3.8) is 0 Å². The van der Waals surface area contributed by atoms with Crippen LogP contribution in [0.4, 0.5) is 27.5 Å². The normalized spacial score (nSPS) is 10.8. The molecule has 0 aliphatic heterocycles. The van der Waals surface area contributed by atoms with Crippen molar-refractivity contribution in [1.29, 1.82) is 0 Å². The maximum Gasteiger partial charge on any atom is 0.231 e. The SMILES string of the molecule is COc1cccc(Nc2nc(Nc3ccc(F)cc3)c3cnn(C)c3n2)c1. The Kier molecular flexibility index (Phi) is 4.29. The summed E-state index contributed by atoms with van der Waals surface area (Å²) in [6.07, 6.45) is 1.69. The average Bonchev–Trinajstić information content (AvgIpc) is 3.05. The van der Waals surface area contributed by atoms with E-state index in [-0.39, 0.29) is 5.82 Å². The number of fused-ring (bicyclic) bond motifs is 1. The van der Waals surface area contributed by atoms with Crippen molar-refractivity contribution in [3.8, 4) is 5.75 Å². The molecule has 8 heteroatoms. The third-order valence-electron chi connectivity index (χ3n) is 4.02. The number of rotatable bonds is 5. The summed E-state index contributed by atoms with van der Waals surface area (Å²) in [5.74, 6) is 1.41. The molecule has 7 nitrogen and oxygen atoms in total. The lowest BCUT2D eigenvalue weighted by Crippen LogP contribution is -2.03. The summed E-state index contributed by atoms with van der Waals surface area (Å²) >= 11 is 0. The molecule has 0 aliphatic rings. The van der Waals surface area contributed by atoms with Gasteiger partial charge in [0.15, 0.2) is 5.65 Å². The standard InChI is InChI=1S/C19H17FN6O/c1-26-18-16(11-21-26)17(22-13-8-6-12(20)7-9-13)24-19(25-18)23-14-4-3-5-15(10-14)27-2/h3-11H,1-2H3,(H2,22,23,24,25). The molecule has 0 unspecified atom stereocenters. The molecule has 4 rings (SSSR count). The number of hydrogen-bond acceptors (Lipinski definition) is 6. The van der Waals surface area contributed by atoms with Crippen LogP contribution in [0.2, 0.25) is 0 Å². The van der Waals surface area contributed by atoms with Crippen LogP contribution in [0.1, 0.15) is 0 Å². The molecule has 0 saturated heterocycles. The number of halogens is 1. The van der Waals surface area contributed by atoms with Crippen LogP contribution in [0.15, 0.2) is 54.7 Å². The van der Waals surface area contributed by atoms with E-state index in [2.05, 4.69) is 25.7 Å². The first-order chi connectivity index (χ1) is 13.1. The molecule has 4 aromatic rings. The lowest BCUT2D eigenvalue weighted by molar-refractivity contribution is 0.415. The Morgan fingerprint density at radius 1 is 1.00 bits per heavy atom. The first-order valence-electron chi connectivity index (χ1n) is 8.26. The predicted molar refractivity (Wildman–Crippen MR) is 102 cm³/mol. The second-order valence-corrected chi connectivity index (χ2v) is 5.89. The van der Waals surface area contributed by atoms with Crippen LogP contribution < -0.4 is 15.4 Å². The van der Waals surface area contributed by atoms with E-state index >= 15 is 0 Å². The second kappa shape index (κ2) is 6.91. The van der Waals surface area contributed by atoms with E-state index in [1.54, 1.807) is 30.1 Å². The fourth-order valence-corrected chi connectivity index (χ4v) is 2.67. The van der Waals surface area contributed by atoms with Gasteiger partial charge >= 0.3 is 0 Å². The molecule has 0 aliphatic carbocycles. The summed E-state index contributed by atoms with van der Waals surface area (Å²) in [6, 6.07) is 13.6. The Morgan fingerprint density at radius 2 is 1.81 bits per heavy atom. The number of aryl methyl sites for hydroxylation is 1. The van der Waals surface area contributed by atoms with E-state index in [0.717, 1.165) is 16.8 Å². The van der Waals surface area contributed by atoms with Gasteiger partial charge in [-0.05, 0) is 36.4 Å². The van der Waals surface area contributed by atoms with Crippen LogP contribution in [0.25, 0.3) is 11.0 Å². The number of nitrogens with zero attached hydrogens (tertiary/aromatic N) is 4. The maximum atomic E-state index is 13.2. The van der Waals surface area contributed by atoms with E-state index in [1.165, 1.54) is 12.1 Å². The van der Waals surface area contributed by atoms with Gasteiger partial charge in [-0.3, -0.25) is 4.68 Å². The van der Waals surface area contributed by atoms with Crippen LogP contribution >= 0.6 is 0 Å². The van der Waals surface area contributed by atoms with Crippen LogP contribution in [0, 0.1) is 5.82 Å². The summed E-state index contributed by atoms with van der Waals surface area (Å²) in [6.45, 7) is 0. The molecular weight excluding hydrogens is 347 g/mol. The van der Waals surface area contributed by atoms with Crippen LogP contribution in [0.3, 0.4) is 0 Å². The zero-order chi connectivity index (χ0) is 18.8. The monoisotopic (exact) mass is 364 g/mol. The topological polar surface area (TPSA) is 76.9 Å². The summed E-state index contributed by atoms with van der Waals surface area (Å²) in [5.41, 5.74) is 2.18. The van der Waals surface area contributed by atoms with E-state index in [0.29, 0.717) is 23.1 Å². The molecule has 0 radical (unpaired) electrons. The van der Waals surface area contributed by atoms with E-state index in [1.807, 2.05) is 31.3 Å². The largest absolute Gasteiger partial charge is 0.497 e. The Morgan fingerprint density at radius 3 is 2.59 bits per heavy atom. The number of nitrogens with one attached hydrogen (secondary N) is 2. The van der Waals surface area contributed by atoms with Gasteiger partial charge in [0.25, 0.3) is 0 Å². The van der Waals surface area contributed by atoms with Crippen molar-refractivity contribution in [2.75, 3.05) is 17.7 Å². The van der Waals surface area contributed by atoms with E-state index < -0.39 is 0 Å². The molecule has 27 heavy (non-hydrogen) atoms. The third kappa shape index (κ3) is 3.50. The van der Waals surface area contributed by atoms with Crippen molar-refractivity contribution in [3.05, 3.63) is 60.5 Å². The predicted octanol–water partition coefficient (Wildman–Crippen LogP) is 4.00. The van der Waals surface area contributed by atoms with Gasteiger partial charge < -0.3 is 15.4 Å². The van der Waals surface area contributed by atoms with Gasteiger partial charge in [-0.25, -0.2) is 4.39 Å². The molecule has 2 heterocycles. The van der Waals surface area contributed by atoms with Gasteiger partial charge in [0.2, 0.25) is 5.95 Å². The fourth-order valence-electron chi connectivity index (χ4n) is 2.67. The summed E-state index contributed by atoms with van der Waals surface area (Å²) < 4.78 is 20.1. The first-order valence-corrected chi connectivity index (χ1v) is 8.26. The highest BCUT2D eigenvalue weighted by atomic mass is 19.1. The quantitative estimate of drug-likeness (QED) is 0.557. The molecule has 0 spiro atoms. The van der Waals surface area contributed by atoms with Crippen molar-refractivity contribution in [2.45, 2.75) is 0 Å². The highest BCUT2D eigenvalue weighted by molar-refractivity contribution is 5.89. The zero-order valence-electron chi connectivity index (χ0n) is 14.8. The van der Waals surface area contributed by atoms with Gasteiger partial charge in [-0.15, -0.1) is 0 Å². The molecule has 2 aromatic carbocycles. The molecule has 0 bridgehead atoms. The minimum atomic E-state index is -0.296. The van der Waals surface area contributed by atoms with Crippen LogP contribution in [0.5, 0.6) is 5.75 Å². The highest BCUT2D eigenvalue weighted by Gasteiger charge is 2.12. The Labute approximate surface area is 154 Å². The number of anilines is 4. The minimum absolute atomic E-state index is 0.296. The van der Waals surface area contributed by atoms with Gasteiger partial charge in [-0.1, -0.05) is 6.07 Å². The van der Waals surface area contributed by atoms with Crippen molar-refractivity contribution in [1.82, 2.24) is 19.7 Å². The Bertz CT molecular complexity index is 1090. The smallest absolute Gasteiger partial charge is 0.231 e. The lowest BCUT2D eigenvalue weighted by Gasteiger charge is -2.11. The molecule has 0 saturated carbocycles. The first kappa shape index (κ1) is 16.8. The lowest BCUT2D eigenvalue weighted by atomic mass is 10.3. The number of aromatic nitrogens is 4. The Balaban J connectivity index is 1.72. The Hall–Kier alpha value is -3.68. The second-order valence-electron chi connectivity index (χ2n) is 5.89. The zero-order valence-corrected chi connectivity index (χ0v) is 14.8. The molecule has 2 N–H and O–H groups in total. The van der Waals surface area contributed by atoms with Gasteiger partial charge in [0.1, 0.15) is 17.4 Å². The molecule has 2 aromatic heterocycles. The average molecular weight is 364 g/mol. The number of methoxy groups -OCH3 is 1. The van der Waals surface area contributed by atoms with Gasteiger partial charge in [-0.2, -0.15) is 15.1 Å². The van der Waals surface area contributed by atoms with E-state index in [4.69, 9.17) is 4.74 Å². The molecule has 0 fully saturated rings. The molecule has 0 atom stereocenters. The van der Waals surface area contributed by atoms with Crippen LogP contribution in [-0.4, -0.2) is 26.9 Å². The van der Waals surface area contributed by atoms with Crippen molar-refractivity contribution >= 4 is 34.2 Å². The third-order valence-corrected chi connectivity index (χ3v) is 4.02. The maximum absolute atomic E-state index is 13.2. The molecule has 136 valence electrons. The van der Waals surface area contributed by atoms with Crippen molar-refractivity contribution < 1.29 is 9.13 Å².